The van der Waals surface area contributed by atoms with E-state index in [2.05, 4.69) is 10.6 Å². The first-order valence-corrected chi connectivity index (χ1v) is 9.15. The Labute approximate surface area is 145 Å². The van der Waals surface area contributed by atoms with Crippen molar-refractivity contribution in [1.82, 2.24) is 10.6 Å². The molecule has 4 nitrogen and oxygen atoms in total. The van der Waals surface area contributed by atoms with Crippen molar-refractivity contribution in [2.24, 2.45) is 5.92 Å². The summed E-state index contributed by atoms with van der Waals surface area (Å²) in [6.45, 7) is 5.89. The van der Waals surface area contributed by atoms with Gasteiger partial charge < -0.3 is 10.6 Å². The smallest absolute Gasteiger partial charge is 0.251 e. The van der Waals surface area contributed by atoms with E-state index in [9.17, 15) is 9.59 Å². The molecule has 4 heteroatoms. The monoisotopic (exact) mass is 330 g/mol. The van der Waals surface area contributed by atoms with Crippen LogP contribution in [-0.2, 0) is 4.79 Å². The molecule has 0 heterocycles. The number of benzene rings is 1. The number of carbonyl (C=O) groups is 2. The zero-order valence-electron chi connectivity index (χ0n) is 15.1. The van der Waals surface area contributed by atoms with Gasteiger partial charge in [0.15, 0.2) is 0 Å². The van der Waals surface area contributed by atoms with Gasteiger partial charge in [-0.1, -0.05) is 57.2 Å². The molecular weight excluding hydrogens is 300 g/mol. The first kappa shape index (κ1) is 18.5. The molecule has 2 rings (SSSR count). The van der Waals surface area contributed by atoms with Crippen LogP contribution in [0.25, 0.3) is 0 Å². The summed E-state index contributed by atoms with van der Waals surface area (Å²) in [5.74, 6) is -0.198. The Kier molecular flexibility index (Phi) is 6.83. The highest BCUT2D eigenvalue weighted by molar-refractivity contribution is 5.97. The molecule has 132 valence electrons. The van der Waals surface area contributed by atoms with Crippen LogP contribution in [0.3, 0.4) is 0 Å². The van der Waals surface area contributed by atoms with Crippen LogP contribution in [-0.4, -0.2) is 23.9 Å². The van der Waals surface area contributed by atoms with E-state index in [1.807, 2.05) is 39.0 Å². The van der Waals surface area contributed by atoms with Crippen LogP contribution in [0.4, 0.5) is 0 Å². The van der Waals surface area contributed by atoms with Gasteiger partial charge in [0.2, 0.25) is 5.91 Å². The highest BCUT2D eigenvalue weighted by Crippen LogP contribution is 2.17. The van der Waals surface area contributed by atoms with Crippen molar-refractivity contribution in [3.63, 3.8) is 0 Å². The molecule has 1 unspecified atom stereocenters. The second-order valence-corrected chi connectivity index (χ2v) is 7.26. The SMILES string of the molecule is Cc1cccc(C(=O)NC(C(=O)NC2CCCCCC2)C(C)C)c1. The lowest BCUT2D eigenvalue weighted by Gasteiger charge is -2.25. The van der Waals surface area contributed by atoms with Crippen molar-refractivity contribution in [1.29, 1.82) is 0 Å². The maximum atomic E-state index is 12.7. The highest BCUT2D eigenvalue weighted by Gasteiger charge is 2.26. The predicted octanol–water partition coefficient (Wildman–Crippen LogP) is 3.59. The van der Waals surface area contributed by atoms with E-state index in [0.717, 1.165) is 18.4 Å². The molecule has 0 saturated heterocycles. The van der Waals surface area contributed by atoms with Crippen LogP contribution in [0.2, 0.25) is 0 Å². The summed E-state index contributed by atoms with van der Waals surface area (Å²) >= 11 is 0. The largest absolute Gasteiger partial charge is 0.352 e. The number of amides is 2. The number of rotatable bonds is 5. The average molecular weight is 330 g/mol. The standard InChI is InChI=1S/C20H30N2O2/c1-14(2)18(20(24)21-17-11-6-4-5-7-12-17)22-19(23)16-10-8-9-15(3)13-16/h8-10,13-14,17-18H,4-7,11-12H2,1-3H3,(H,21,24)(H,22,23). The average Bonchev–Trinajstić information content (AvgIpc) is 2.80. The lowest BCUT2D eigenvalue weighted by Crippen LogP contribution is -2.52. The van der Waals surface area contributed by atoms with Gasteiger partial charge in [-0.05, 0) is 37.8 Å². The Morgan fingerprint density at radius 1 is 1.08 bits per heavy atom. The fourth-order valence-corrected chi connectivity index (χ4v) is 3.26. The van der Waals surface area contributed by atoms with Crippen molar-refractivity contribution >= 4 is 11.8 Å². The van der Waals surface area contributed by atoms with Crippen LogP contribution in [0.1, 0.15) is 68.3 Å². The van der Waals surface area contributed by atoms with E-state index < -0.39 is 6.04 Å². The Bertz CT molecular complexity index is 561. The quantitative estimate of drug-likeness (QED) is 0.811. The van der Waals surface area contributed by atoms with E-state index in [-0.39, 0.29) is 23.8 Å². The molecule has 1 atom stereocenters. The first-order valence-electron chi connectivity index (χ1n) is 9.15. The van der Waals surface area contributed by atoms with Crippen molar-refractivity contribution in [3.8, 4) is 0 Å². The summed E-state index contributed by atoms with van der Waals surface area (Å²) in [5.41, 5.74) is 1.63. The maximum absolute atomic E-state index is 12.7. The highest BCUT2D eigenvalue weighted by atomic mass is 16.2. The zero-order valence-corrected chi connectivity index (χ0v) is 15.1. The van der Waals surface area contributed by atoms with Gasteiger partial charge in [0.1, 0.15) is 6.04 Å². The number of aryl methyl sites for hydroxylation is 1. The molecule has 1 aromatic rings. The van der Waals surface area contributed by atoms with Crippen LogP contribution >= 0.6 is 0 Å². The van der Waals surface area contributed by atoms with E-state index in [4.69, 9.17) is 0 Å². The van der Waals surface area contributed by atoms with E-state index in [1.54, 1.807) is 6.07 Å². The fraction of sp³-hybridized carbons (Fsp3) is 0.600. The van der Waals surface area contributed by atoms with Gasteiger partial charge in [0.25, 0.3) is 5.91 Å². The Morgan fingerprint density at radius 3 is 2.33 bits per heavy atom. The third-order valence-electron chi connectivity index (χ3n) is 4.72. The molecule has 24 heavy (non-hydrogen) atoms. The van der Waals surface area contributed by atoms with E-state index >= 15 is 0 Å². The second kappa shape index (κ2) is 8.86. The molecule has 0 bridgehead atoms. The van der Waals surface area contributed by atoms with E-state index in [1.165, 1.54) is 25.7 Å². The third-order valence-corrected chi connectivity index (χ3v) is 4.72. The lowest BCUT2D eigenvalue weighted by atomic mass is 10.0. The van der Waals surface area contributed by atoms with Crippen LogP contribution in [0.15, 0.2) is 24.3 Å². The van der Waals surface area contributed by atoms with Crippen molar-refractivity contribution in [2.45, 2.75) is 71.4 Å². The Hall–Kier alpha value is -1.84. The molecule has 0 radical (unpaired) electrons. The molecule has 1 fully saturated rings. The first-order chi connectivity index (χ1) is 11.5. The van der Waals surface area contributed by atoms with Gasteiger partial charge in [-0.15, -0.1) is 0 Å². The Balaban J connectivity index is 1.99. The number of hydrogen-bond acceptors (Lipinski definition) is 2. The number of hydrogen-bond donors (Lipinski definition) is 2. The van der Waals surface area contributed by atoms with E-state index in [0.29, 0.717) is 5.56 Å². The minimum Gasteiger partial charge on any atom is -0.352 e. The van der Waals surface area contributed by atoms with Gasteiger partial charge in [-0.2, -0.15) is 0 Å². The molecule has 0 aromatic heterocycles. The molecule has 2 amide bonds. The van der Waals surface area contributed by atoms with Crippen molar-refractivity contribution < 1.29 is 9.59 Å². The summed E-state index contributed by atoms with van der Waals surface area (Å²) in [5, 5.41) is 6.07. The molecule has 1 aliphatic rings. The van der Waals surface area contributed by atoms with Crippen molar-refractivity contribution in [3.05, 3.63) is 35.4 Å². The maximum Gasteiger partial charge on any atom is 0.251 e. The summed E-state index contributed by atoms with van der Waals surface area (Å²) in [4.78, 5) is 25.1. The minimum absolute atomic E-state index is 0.0459. The Morgan fingerprint density at radius 2 is 1.75 bits per heavy atom. The van der Waals surface area contributed by atoms with Crippen LogP contribution < -0.4 is 10.6 Å². The number of carbonyl (C=O) groups excluding carboxylic acids is 2. The topological polar surface area (TPSA) is 58.2 Å². The molecular formula is C20H30N2O2. The zero-order chi connectivity index (χ0) is 17.5. The lowest BCUT2D eigenvalue weighted by molar-refractivity contribution is -0.124. The summed E-state index contributed by atoms with van der Waals surface area (Å²) in [7, 11) is 0. The third kappa shape index (κ3) is 5.36. The molecule has 2 N–H and O–H groups in total. The summed E-state index contributed by atoms with van der Waals surface area (Å²) < 4.78 is 0. The van der Waals surface area contributed by atoms with Gasteiger partial charge in [-0.3, -0.25) is 9.59 Å². The van der Waals surface area contributed by atoms with Gasteiger partial charge in [0.05, 0.1) is 0 Å². The van der Waals surface area contributed by atoms with Crippen LogP contribution in [0, 0.1) is 12.8 Å². The molecule has 1 aliphatic carbocycles. The molecule has 1 aromatic carbocycles. The second-order valence-electron chi connectivity index (χ2n) is 7.26. The van der Waals surface area contributed by atoms with Gasteiger partial charge in [-0.25, -0.2) is 0 Å². The number of nitrogens with one attached hydrogen (secondary N) is 2. The van der Waals surface area contributed by atoms with Gasteiger partial charge >= 0.3 is 0 Å². The van der Waals surface area contributed by atoms with Crippen LogP contribution in [0.5, 0.6) is 0 Å². The fourth-order valence-electron chi connectivity index (χ4n) is 3.26. The predicted molar refractivity (Wildman–Crippen MR) is 96.9 cm³/mol. The van der Waals surface area contributed by atoms with Crippen molar-refractivity contribution in [2.75, 3.05) is 0 Å². The molecule has 0 aliphatic heterocycles. The normalized spacial score (nSPS) is 17.2. The minimum atomic E-state index is -0.499. The molecule has 0 spiro atoms. The summed E-state index contributed by atoms with van der Waals surface area (Å²) in [6.07, 6.45) is 6.94. The summed E-state index contributed by atoms with van der Waals surface area (Å²) in [6, 6.07) is 7.19. The van der Waals surface area contributed by atoms with Gasteiger partial charge in [0, 0.05) is 11.6 Å². The molecule has 1 saturated carbocycles.